The molecule has 2 fully saturated rings. The number of nitrogens with zero attached hydrogens (tertiary/aromatic N) is 2. The zero-order valence-electron chi connectivity index (χ0n) is 16.2. The van der Waals surface area contributed by atoms with Gasteiger partial charge in [-0.1, -0.05) is 12.1 Å². The van der Waals surface area contributed by atoms with Crippen LogP contribution in [0.2, 0.25) is 0 Å². The highest BCUT2D eigenvalue weighted by molar-refractivity contribution is 6.62. The SMILES string of the molecule is CN1CCC(N(C)C(=O)c2ccc(B3OC(C)(C)C(C)(C)O3)cc2)C1. The van der Waals surface area contributed by atoms with Crippen LogP contribution in [-0.2, 0) is 9.31 Å². The average Bonchev–Trinajstić information content (AvgIpc) is 3.07. The summed E-state index contributed by atoms with van der Waals surface area (Å²) in [7, 11) is 3.60. The van der Waals surface area contributed by atoms with Crippen molar-refractivity contribution in [1.82, 2.24) is 9.80 Å². The van der Waals surface area contributed by atoms with Gasteiger partial charge >= 0.3 is 7.12 Å². The summed E-state index contributed by atoms with van der Waals surface area (Å²) < 4.78 is 12.1. The van der Waals surface area contributed by atoms with E-state index in [1.54, 1.807) is 0 Å². The smallest absolute Gasteiger partial charge is 0.399 e. The number of hydrogen-bond acceptors (Lipinski definition) is 4. The number of carbonyl (C=O) groups is 1. The minimum Gasteiger partial charge on any atom is -0.399 e. The summed E-state index contributed by atoms with van der Waals surface area (Å²) in [6.45, 7) is 10.1. The second kappa shape index (κ2) is 6.42. The highest BCUT2D eigenvalue weighted by Crippen LogP contribution is 2.36. The normalized spacial score (nSPS) is 25.4. The Morgan fingerprint density at radius 3 is 2.20 bits per heavy atom. The highest BCUT2D eigenvalue weighted by atomic mass is 16.7. The molecule has 1 aromatic rings. The molecule has 1 aromatic carbocycles. The van der Waals surface area contributed by atoms with E-state index in [2.05, 4.69) is 11.9 Å². The van der Waals surface area contributed by atoms with E-state index in [4.69, 9.17) is 9.31 Å². The Labute approximate surface area is 151 Å². The van der Waals surface area contributed by atoms with Crippen LogP contribution in [0.5, 0.6) is 0 Å². The minimum absolute atomic E-state index is 0.0702. The molecule has 0 aliphatic carbocycles. The first-order chi connectivity index (χ1) is 11.6. The third-order valence-electron chi connectivity index (χ3n) is 5.92. The van der Waals surface area contributed by atoms with Gasteiger partial charge in [-0.05, 0) is 65.3 Å². The molecule has 136 valence electrons. The molecule has 6 heteroatoms. The second-order valence-electron chi connectivity index (χ2n) is 8.33. The molecule has 2 aliphatic rings. The van der Waals surface area contributed by atoms with Gasteiger partial charge in [0.05, 0.1) is 11.2 Å². The van der Waals surface area contributed by atoms with Crippen molar-refractivity contribution in [3.05, 3.63) is 29.8 Å². The molecule has 25 heavy (non-hydrogen) atoms. The molecule has 0 radical (unpaired) electrons. The molecule has 2 heterocycles. The molecule has 1 unspecified atom stereocenters. The van der Waals surface area contributed by atoms with Gasteiger partial charge < -0.3 is 19.1 Å². The van der Waals surface area contributed by atoms with Crippen molar-refractivity contribution >= 4 is 18.5 Å². The van der Waals surface area contributed by atoms with E-state index < -0.39 is 7.12 Å². The van der Waals surface area contributed by atoms with Crippen molar-refractivity contribution in [2.75, 3.05) is 27.2 Å². The lowest BCUT2D eigenvalue weighted by molar-refractivity contribution is 0.00578. The van der Waals surface area contributed by atoms with Crippen molar-refractivity contribution in [3.63, 3.8) is 0 Å². The van der Waals surface area contributed by atoms with Crippen LogP contribution in [0.3, 0.4) is 0 Å². The Balaban J connectivity index is 1.69. The number of rotatable bonds is 3. The molecule has 0 spiro atoms. The van der Waals surface area contributed by atoms with Crippen LogP contribution in [0.1, 0.15) is 44.5 Å². The minimum atomic E-state index is -0.393. The fraction of sp³-hybridized carbons (Fsp3) is 0.632. The second-order valence-corrected chi connectivity index (χ2v) is 8.33. The van der Waals surface area contributed by atoms with Crippen molar-refractivity contribution in [3.8, 4) is 0 Å². The average molecular weight is 344 g/mol. The fourth-order valence-electron chi connectivity index (χ4n) is 3.36. The number of likely N-dealkylation sites (tertiary alicyclic amines) is 1. The van der Waals surface area contributed by atoms with Crippen molar-refractivity contribution in [1.29, 1.82) is 0 Å². The largest absolute Gasteiger partial charge is 0.494 e. The van der Waals surface area contributed by atoms with Gasteiger partial charge in [0.25, 0.3) is 5.91 Å². The summed E-state index contributed by atoms with van der Waals surface area (Å²) in [5.41, 5.74) is 0.928. The van der Waals surface area contributed by atoms with Gasteiger partial charge in [0.15, 0.2) is 0 Å². The quantitative estimate of drug-likeness (QED) is 0.784. The van der Waals surface area contributed by atoms with Crippen molar-refractivity contribution in [2.45, 2.75) is 51.4 Å². The summed E-state index contributed by atoms with van der Waals surface area (Å²) >= 11 is 0. The predicted octanol–water partition coefficient (Wildman–Crippen LogP) is 1.76. The predicted molar refractivity (Wildman–Crippen MR) is 100 cm³/mol. The standard InChI is InChI=1S/C19H29BN2O3/c1-18(2)19(3,4)25-20(24-18)15-9-7-14(8-10-15)17(23)22(6)16-11-12-21(5)13-16/h7-10,16H,11-13H2,1-6H3. The monoisotopic (exact) mass is 344 g/mol. The first-order valence-electron chi connectivity index (χ1n) is 9.02. The van der Waals surface area contributed by atoms with Crippen molar-refractivity contribution < 1.29 is 14.1 Å². The Kier molecular flexibility index (Phi) is 4.73. The molecule has 2 saturated heterocycles. The van der Waals surface area contributed by atoms with Crippen molar-refractivity contribution in [2.24, 2.45) is 0 Å². The molecule has 3 rings (SSSR count). The van der Waals surface area contributed by atoms with E-state index in [1.165, 1.54) is 0 Å². The fourth-order valence-corrected chi connectivity index (χ4v) is 3.36. The van der Waals surface area contributed by atoms with Crippen LogP contribution in [0.15, 0.2) is 24.3 Å². The van der Waals surface area contributed by atoms with E-state index >= 15 is 0 Å². The Morgan fingerprint density at radius 2 is 1.72 bits per heavy atom. The maximum Gasteiger partial charge on any atom is 0.494 e. The number of benzene rings is 1. The zero-order valence-corrected chi connectivity index (χ0v) is 16.2. The maximum atomic E-state index is 12.7. The number of amides is 1. The molecule has 2 aliphatic heterocycles. The molecule has 0 saturated carbocycles. The number of likely N-dealkylation sites (N-methyl/N-ethyl adjacent to an activating group) is 2. The van der Waals surface area contributed by atoms with Gasteiger partial charge in [0.1, 0.15) is 0 Å². The van der Waals surface area contributed by atoms with Gasteiger partial charge in [0, 0.05) is 25.2 Å². The summed E-state index contributed by atoms with van der Waals surface area (Å²) in [5, 5.41) is 0. The summed E-state index contributed by atoms with van der Waals surface area (Å²) in [4.78, 5) is 16.9. The van der Waals surface area contributed by atoms with Gasteiger partial charge in [-0.15, -0.1) is 0 Å². The molecular weight excluding hydrogens is 315 g/mol. The Hall–Kier alpha value is -1.37. The van der Waals surface area contributed by atoms with E-state index in [0.717, 1.165) is 25.0 Å². The summed E-state index contributed by atoms with van der Waals surface area (Å²) in [6.07, 6.45) is 1.03. The molecule has 0 aromatic heterocycles. The highest BCUT2D eigenvalue weighted by Gasteiger charge is 2.51. The maximum absolute atomic E-state index is 12.7. The van der Waals surface area contributed by atoms with E-state index in [1.807, 2.05) is 63.9 Å². The summed E-state index contributed by atoms with van der Waals surface area (Å²) in [6, 6.07) is 7.91. The third-order valence-corrected chi connectivity index (χ3v) is 5.92. The number of carbonyl (C=O) groups excluding carboxylic acids is 1. The molecule has 1 amide bonds. The molecule has 0 bridgehead atoms. The molecule has 0 N–H and O–H groups in total. The lowest BCUT2D eigenvalue weighted by Gasteiger charge is -2.32. The Morgan fingerprint density at radius 1 is 1.16 bits per heavy atom. The lowest BCUT2D eigenvalue weighted by Crippen LogP contribution is -2.41. The summed E-state index contributed by atoms with van der Waals surface area (Å²) in [5.74, 6) is 0.0702. The van der Waals surface area contributed by atoms with Crippen LogP contribution < -0.4 is 5.46 Å². The van der Waals surface area contributed by atoms with E-state index in [9.17, 15) is 4.79 Å². The molecule has 5 nitrogen and oxygen atoms in total. The molecule has 1 atom stereocenters. The van der Waals surface area contributed by atoms with Gasteiger partial charge in [0.2, 0.25) is 0 Å². The van der Waals surface area contributed by atoms with Crippen LogP contribution in [0, 0.1) is 0 Å². The van der Waals surface area contributed by atoms with Gasteiger partial charge in [-0.3, -0.25) is 4.79 Å². The van der Waals surface area contributed by atoms with Crippen LogP contribution >= 0.6 is 0 Å². The van der Waals surface area contributed by atoms with Gasteiger partial charge in [-0.25, -0.2) is 0 Å². The van der Waals surface area contributed by atoms with Crippen LogP contribution in [0.4, 0.5) is 0 Å². The first-order valence-corrected chi connectivity index (χ1v) is 9.02. The van der Waals surface area contributed by atoms with E-state index in [-0.39, 0.29) is 17.1 Å². The third kappa shape index (κ3) is 3.48. The van der Waals surface area contributed by atoms with Crippen LogP contribution in [-0.4, -0.2) is 67.3 Å². The van der Waals surface area contributed by atoms with Gasteiger partial charge in [-0.2, -0.15) is 0 Å². The zero-order chi connectivity index (χ0) is 18.4. The first kappa shape index (κ1) is 18.4. The lowest BCUT2D eigenvalue weighted by atomic mass is 9.79. The molecular formula is C19H29BN2O3. The van der Waals surface area contributed by atoms with E-state index in [0.29, 0.717) is 11.6 Å². The Bertz CT molecular complexity index is 629. The van der Waals surface area contributed by atoms with Crippen LogP contribution in [0.25, 0.3) is 0 Å². The number of hydrogen-bond donors (Lipinski definition) is 0. The topological polar surface area (TPSA) is 42.0 Å².